The molecule has 2 heterocycles. The van der Waals surface area contributed by atoms with E-state index in [-0.39, 0.29) is 11.5 Å². The van der Waals surface area contributed by atoms with Crippen LogP contribution in [0.1, 0.15) is 69.9 Å². The number of hydrogen-bond donors (Lipinski definition) is 0. The summed E-state index contributed by atoms with van der Waals surface area (Å²) in [6.07, 6.45) is 10.6. The summed E-state index contributed by atoms with van der Waals surface area (Å²) in [4.78, 5) is 31.6. The molecule has 0 spiro atoms. The Morgan fingerprint density at radius 2 is 1.77 bits per heavy atom. The third kappa shape index (κ3) is 4.02. The number of hydrogen-bond acceptors (Lipinski definition) is 3. The van der Waals surface area contributed by atoms with Gasteiger partial charge >= 0.3 is 0 Å². The van der Waals surface area contributed by atoms with Crippen LogP contribution in [0.3, 0.4) is 0 Å². The largest absolute Gasteiger partial charge is 0.342 e. The second-order valence-electron chi connectivity index (χ2n) is 8.80. The van der Waals surface area contributed by atoms with Crippen LogP contribution < -0.4 is 5.56 Å². The summed E-state index contributed by atoms with van der Waals surface area (Å²) in [6.45, 7) is 4.72. The molecule has 0 N–H and O–H groups in total. The maximum atomic E-state index is 12.7. The van der Waals surface area contributed by atoms with Crippen LogP contribution in [0.25, 0.3) is 0 Å². The van der Waals surface area contributed by atoms with Gasteiger partial charge in [0, 0.05) is 37.5 Å². The highest BCUT2D eigenvalue weighted by Crippen LogP contribution is 2.38. The molecule has 0 aromatic carbocycles. The molecule has 1 aliphatic heterocycles. The topological polar surface area (TPSA) is 55.2 Å². The van der Waals surface area contributed by atoms with Crippen molar-refractivity contribution in [2.45, 2.75) is 70.8 Å². The Balaban J connectivity index is 1.28. The molecule has 0 radical (unpaired) electrons. The zero-order valence-corrected chi connectivity index (χ0v) is 15.9. The Labute approximate surface area is 155 Å². The first-order valence-corrected chi connectivity index (χ1v) is 10.5. The number of likely N-dealkylation sites (tertiary alicyclic amines) is 1. The lowest BCUT2D eigenvalue weighted by Crippen LogP contribution is -2.43. The predicted molar refractivity (Wildman–Crippen MR) is 101 cm³/mol. The molecule has 5 nitrogen and oxygen atoms in total. The molecular weight excluding hydrogens is 326 g/mol. The van der Waals surface area contributed by atoms with Crippen molar-refractivity contribution in [1.29, 1.82) is 0 Å². The molecule has 0 atom stereocenters. The van der Waals surface area contributed by atoms with E-state index < -0.39 is 0 Å². The van der Waals surface area contributed by atoms with Crippen LogP contribution in [-0.4, -0.2) is 33.4 Å². The van der Waals surface area contributed by atoms with Gasteiger partial charge in [-0.1, -0.05) is 6.92 Å². The Morgan fingerprint density at radius 3 is 2.38 bits per heavy atom. The number of carbonyl (C=O) groups is 1. The van der Waals surface area contributed by atoms with Crippen molar-refractivity contribution >= 4 is 5.91 Å². The molecule has 3 aliphatic rings. The van der Waals surface area contributed by atoms with Crippen molar-refractivity contribution < 1.29 is 4.79 Å². The molecule has 26 heavy (non-hydrogen) atoms. The number of nitrogens with zero attached hydrogens (tertiary/aromatic N) is 3. The quantitative estimate of drug-likeness (QED) is 0.831. The fourth-order valence-corrected chi connectivity index (χ4v) is 4.56. The van der Waals surface area contributed by atoms with E-state index in [2.05, 4.69) is 16.8 Å². The summed E-state index contributed by atoms with van der Waals surface area (Å²) in [5.41, 5.74) is 1.05. The highest BCUT2D eigenvalue weighted by atomic mass is 16.2. The van der Waals surface area contributed by atoms with Gasteiger partial charge in [-0.2, -0.15) is 0 Å². The minimum atomic E-state index is 0.0803. The summed E-state index contributed by atoms with van der Waals surface area (Å²) in [6, 6.07) is 1.72. The van der Waals surface area contributed by atoms with E-state index >= 15 is 0 Å². The van der Waals surface area contributed by atoms with Crippen molar-refractivity contribution in [3.05, 3.63) is 28.4 Å². The number of carbonyl (C=O) groups excluding carboxylic acids is 1. The molecular formula is C21H31N3O2. The van der Waals surface area contributed by atoms with Gasteiger partial charge in [0.05, 0.1) is 12.0 Å². The Bertz CT molecular complexity index is 693. The Kier molecular flexibility index (Phi) is 5.14. The van der Waals surface area contributed by atoms with E-state index in [0.29, 0.717) is 17.7 Å². The molecule has 2 aliphatic carbocycles. The average molecular weight is 357 g/mol. The molecule has 5 heteroatoms. The van der Waals surface area contributed by atoms with Crippen LogP contribution >= 0.6 is 0 Å². The van der Waals surface area contributed by atoms with E-state index in [1.807, 2.05) is 0 Å². The monoisotopic (exact) mass is 357 g/mol. The van der Waals surface area contributed by atoms with Crippen LogP contribution in [-0.2, 0) is 11.3 Å². The summed E-state index contributed by atoms with van der Waals surface area (Å²) >= 11 is 0. The van der Waals surface area contributed by atoms with Crippen molar-refractivity contribution in [2.24, 2.45) is 17.8 Å². The van der Waals surface area contributed by atoms with Gasteiger partial charge in [-0.25, -0.2) is 4.98 Å². The smallest absolute Gasteiger partial charge is 0.253 e. The lowest BCUT2D eigenvalue weighted by molar-refractivity contribution is -0.138. The van der Waals surface area contributed by atoms with Gasteiger partial charge in [0.2, 0.25) is 5.91 Å². The molecule has 1 aromatic rings. The number of aromatic nitrogens is 2. The number of rotatable bonds is 4. The van der Waals surface area contributed by atoms with Crippen molar-refractivity contribution in [3.8, 4) is 0 Å². The van der Waals surface area contributed by atoms with Gasteiger partial charge in [-0.05, 0) is 63.2 Å². The zero-order chi connectivity index (χ0) is 18.1. The third-order valence-corrected chi connectivity index (χ3v) is 6.64. The van der Waals surface area contributed by atoms with E-state index in [9.17, 15) is 9.59 Å². The average Bonchev–Trinajstić information content (AvgIpc) is 3.49. The summed E-state index contributed by atoms with van der Waals surface area (Å²) < 4.78 is 1.76. The molecule has 0 bridgehead atoms. The van der Waals surface area contributed by atoms with Crippen molar-refractivity contribution in [1.82, 2.24) is 14.5 Å². The van der Waals surface area contributed by atoms with Gasteiger partial charge in [0.15, 0.2) is 0 Å². The zero-order valence-electron chi connectivity index (χ0n) is 15.9. The van der Waals surface area contributed by atoms with E-state index in [4.69, 9.17) is 0 Å². The maximum absolute atomic E-state index is 12.7. The first kappa shape index (κ1) is 17.7. The second kappa shape index (κ2) is 7.53. The summed E-state index contributed by atoms with van der Waals surface area (Å²) in [7, 11) is 0. The minimum absolute atomic E-state index is 0.0803. The van der Waals surface area contributed by atoms with Crippen LogP contribution in [0.5, 0.6) is 0 Å². The minimum Gasteiger partial charge on any atom is -0.342 e. The number of piperidine rings is 1. The summed E-state index contributed by atoms with van der Waals surface area (Å²) in [5.74, 6) is 2.40. The van der Waals surface area contributed by atoms with Gasteiger partial charge in [-0.15, -0.1) is 0 Å². The van der Waals surface area contributed by atoms with Gasteiger partial charge in [0.25, 0.3) is 5.56 Å². The van der Waals surface area contributed by atoms with Crippen LogP contribution in [0.2, 0.25) is 0 Å². The van der Waals surface area contributed by atoms with E-state index in [1.54, 1.807) is 17.0 Å². The lowest BCUT2D eigenvalue weighted by Gasteiger charge is -2.36. The van der Waals surface area contributed by atoms with Crippen LogP contribution in [0.15, 0.2) is 17.2 Å². The molecule has 3 fully saturated rings. The van der Waals surface area contributed by atoms with Gasteiger partial charge in [0.1, 0.15) is 0 Å². The fraction of sp³-hybridized carbons (Fsp3) is 0.762. The highest BCUT2D eigenvalue weighted by Gasteiger charge is 2.31. The predicted octanol–water partition coefficient (Wildman–Crippen LogP) is 3.19. The van der Waals surface area contributed by atoms with Crippen LogP contribution in [0.4, 0.5) is 0 Å². The van der Waals surface area contributed by atoms with E-state index in [0.717, 1.165) is 56.9 Å². The Hall–Kier alpha value is -1.65. The standard InChI is InChI=1S/C21H31N3O2/c1-15-2-4-18(5-3-15)21(26)23-10-8-16(9-11-23)13-24-14-22-19(12-20(24)25)17-6-7-17/h12,14-18H,2-11,13H2,1H3. The van der Waals surface area contributed by atoms with Gasteiger partial charge in [-0.3, -0.25) is 14.2 Å². The van der Waals surface area contributed by atoms with E-state index in [1.165, 1.54) is 25.7 Å². The third-order valence-electron chi connectivity index (χ3n) is 6.64. The molecule has 4 rings (SSSR count). The normalized spacial score (nSPS) is 27.5. The molecule has 2 saturated carbocycles. The molecule has 1 saturated heterocycles. The Morgan fingerprint density at radius 1 is 1.08 bits per heavy atom. The first-order chi connectivity index (χ1) is 12.6. The first-order valence-electron chi connectivity index (χ1n) is 10.5. The summed E-state index contributed by atoms with van der Waals surface area (Å²) in [5, 5.41) is 0. The molecule has 1 amide bonds. The van der Waals surface area contributed by atoms with Gasteiger partial charge < -0.3 is 4.90 Å². The van der Waals surface area contributed by atoms with Crippen molar-refractivity contribution in [2.75, 3.05) is 13.1 Å². The molecule has 0 unspecified atom stereocenters. The van der Waals surface area contributed by atoms with Crippen LogP contribution in [0, 0.1) is 17.8 Å². The van der Waals surface area contributed by atoms with Crippen molar-refractivity contribution in [3.63, 3.8) is 0 Å². The molecule has 142 valence electrons. The lowest BCUT2D eigenvalue weighted by atomic mass is 9.82. The number of amides is 1. The second-order valence-corrected chi connectivity index (χ2v) is 8.80. The molecule has 1 aromatic heterocycles. The fourth-order valence-electron chi connectivity index (χ4n) is 4.56. The maximum Gasteiger partial charge on any atom is 0.253 e. The SMILES string of the molecule is CC1CCC(C(=O)N2CCC(Cn3cnc(C4CC4)cc3=O)CC2)CC1. The highest BCUT2D eigenvalue weighted by molar-refractivity contribution is 5.79.